The second kappa shape index (κ2) is 10.1. The molecule has 0 aliphatic heterocycles. The van der Waals surface area contributed by atoms with Crippen molar-refractivity contribution in [2.75, 3.05) is 6.54 Å². The lowest BCUT2D eigenvalue weighted by Crippen LogP contribution is -2.14. The average Bonchev–Trinajstić information content (AvgIpc) is 2.70. The number of rotatable bonds is 10. The molecule has 0 saturated carbocycles. The monoisotopic (exact) mass is 345 g/mol. The first-order chi connectivity index (χ1) is 12.9. The Balaban J connectivity index is 1.57. The molecule has 2 aromatic carbocycles. The molecular weight excluding hydrogens is 316 g/mol. The molecule has 0 unspecified atom stereocenters. The summed E-state index contributed by atoms with van der Waals surface area (Å²) in [7, 11) is 0. The molecule has 0 aliphatic rings. The number of benzene rings is 2. The Bertz CT molecular complexity index is 796. The molecule has 3 rings (SSSR count). The minimum atomic E-state index is 0.861. The smallest absolute Gasteiger partial charge is 0.0749 e. The Morgan fingerprint density at radius 1 is 0.808 bits per heavy atom. The highest BCUT2D eigenvalue weighted by atomic mass is 14.8. The van der Waals surface area contributed by atoms with Gasteiger partial charge in [0.2, 0.25) is 0 Å². The first-order valence-electron chi connectivity index (χ1n) is 9.78. The van der Waals surface area contributed by atoms with Crippen molar-refractivity contribution < 1.29 is 0 Å². The molecule has 26 heavy (non-hydrogen) atoms. The van der Waals surface area contributed by atoms with Gasteiger partial charge in [0.05, 0.1) is 5.52 Å². The molecule has 1 aromatic heterocycles. The Labute approximate surface area is 157 Å². The molecule has 0 bridgehead atoms. The van der Waals surface area contributed by atoms with Crippen LogP contribution in [0.15, 0.2) is 60.8 Å². The second-order valence-electron chi connectivity index (χ2n) is 6.86. The summed E-state index contributed by atoms with van der Waals surface area (Å²) in [4.78, 5) is 4.65. The lowest BCUT2D eigenvalue weighted by molar-refractivity contribution is 0.679. The number of nitrogens with one attached hydrogen (secondary N) is 1. The highest BCUT2D eigenvalue weighted by Crippen LogP contribution is 2.23. The fraction of sp³-hybridized carbons (Fsp3) is 0.333. The van der Waals surface area contributed by atoms with Gasteiger partial charge < -0.3 is 5.32 Å². The zero-order valence-corrected chi connectivity index (χ0v) is 15.6. The fourth-order valence-electron chi connectivity index (χ4n) is 3.46. The number of aromatic nitrogens is 1. The molecule has 1 radical (unpaired) electrons. The third kappa shape index (κ3) is 5.15. The van der Waals surface area contributed by atoms with Crippen LogP contribution in [-0.4, -0.2) is 11.5 Å². The molecule has 135 valence electrons. The summed E-state index contributed by atoms with van der Waals surface area (Å²) >= 11 is 0. The van der Waals surface area contributed by atoms with Gasteiger partial charge in [0.15, 0.2) is 0 Å². The molecule has 2 heteroatoms. The third-order valence-corrected chi connectivity index (χ3v) is 4.87. The van der Waals surface area contributed by atoms with Crippen LogP contribution < -0.4 is 5.32 Å². The van der Waals surface area contributed by atoms with E-state index in [0.29, 0.717) is 0 Å². The molecular formula is C24H29N2. The first kappa shape index (κ1) is 18.6. The molecule has 3 aromatic rings. The predicted molar refractivity (Wildman–Crippen MR) is 111 cm³/mol. The molecule has 0 fully saturated rings. The molecule has 0 amide bonds. The van der Waals surface area contributed by atoms with Crippen molar-refractivity contribution >= 4 is 10.9 Å². The highest BCUT2D eigenvalue weighted by Gasteiger charge is 2.07. The molecule has 0 saturated heterocycles. The standard InChI is InChI=1S/C24H29N2/c1-2-17-25-19-22-16-15-21(23-14-9-18-26-24(22)23)13-8-4-7-12-20-10-5-3-6-11-20/h3,5-6,9-11,14-16,18,25H,1-2,4,7-8,12-13,17,19H2. The van der Waals surface area contributed by atoms with Gasteiger partial charge in [0.25, 0.3) is 0 Å². The van der Waals surface area contributed by atoms with Crippen molar-refractivity contribution in [2.45, 2.75) is 45.1 Å². The van der Waals surface area contributed by atoms with E-state index in [4.69, 9.17) is 0 Å². The van der Waals surface area contributed by atoms with E-state index in [1.54, 1.807) is 0 Å². The van der Waals surface area contributed by atoms with Crippen molar-refractivity contribution in [1.82, 2.24) is 10.3 Å². The van der Waals surface area contributed by atoms with Crippen molar-refractivity contribution in [3.63, 3.8) is 0 Å². The summed E-state index contributed by atoms with van der Waals surface area (Å²) < 4.78 is 0. The quantitative estimate of drug-likeness (QED) is 0.490. The van der Waals surface area contributed by atoms with E-state index in [0.717, 1.165) is 31.4 Å². The van der Waals surface area contributed by atoms with E-state index in [2.05, 4.69) is 71.8 Å². The number of aryl methyl sites for hydroxylation is 2. The topological polar surface area (TPSA) is 24.9 Å². The van der Waals surface area contributed by atoms with Crippen LogP contribution >= 0.6 is 0 Å². The van der Waals surface area contributed by atoms with Gasteiger partial charge in [-0.1, -0.05) is 61.9 Å². The predicted octanol–water partition coefficient (Wildman–Crippen LogP) is 5.50. The minimum absolute atomic E-state index is 0.861. The summed E-state index contributed by atoms with van der Waals surface area (Å²) in [6.07, 6.45) is 8.87. The molecule has 1 heterocycles. The molecule has 2 nitrogen and oxygen atoms in total. The van der Waals surface area contributed by atoms with E-state index < -0.39 is 0 Å². The maximum Gasteiger partial charge on any atom is 0.0749 e. The van der Waals surface area contributed by atoms with Gasteiger partial charge in [-0.15, -0.1) is 0 Å². The molecule has 0 spiro atoms. The Kier molecular flexibility index (Phi) is 7.21. The van der Waals surface area contributed by atoms with Crippen LogP contribution in [0.4, 0.5) is 0 Å². The lowest BCUT2D eigenvalue weighted by Gasteiger charge is -2.11. The summed E-state index contributed by atoms with van der Waals surface area (Å²) in [5, 5.41) is 4.75. The summed E-state index contributed by atoms with van der Waals surface area (Å²) in [6.45, 7) is 5.69. The van der Waals surface area contributed by atoms with Gasteiger partial charge in [-0.3, -0.25) is 4.98 Å². The van der Waals surface area contributed by atoms with Crippen molar-refractivity contribution in [3.8, 4) is 0 Å². The first-order valence-corrected chi connectivity index (χ1v) is 9.78. The molecule has 0 aliphatic carbocycles. The van der Waals surface area contributed by atoms with E-state index in [1.807, 2.05) is 6.20 Å². The summed E-state index contributed by atoms with van der Waals surface area (Å²) in [5.41, 5.74) is 5.29. The van der Waals surface area contributed by atoms with Crippen LogP contribution in [-0.2, 0) is 19.4 Å². The number of nitrogens with zero attached hydrogens (tertiary/aromatic N) is 1. The molecule has 1 N–H and O–H groups in total. The number of fused-ring (bicyclic) bond motifs is 1. The van der Waals surface area contributed by atoms with Crippen LogP contribution in [0.3, 0.4) is 0 Å². The maximum absolute atomic E-state index is 4.65. The SMILES string of the molecule is [CH2]CCNCc1ccc(CCCCCc2ccccc2)c2cccnc12. The second-order valence-corrected chi connectivity index (χ2v) is 6.86. The summed E-state index contributed by atoms with van der Waals surface area (Å²) in [5.74, 6) is 0. The number of hydrogen-bond donors (Lipinski definition) is 1. The van der Waals surface area contributed by atoms with E-state index >= 15 is 0 Å². The van der Waals surface area contributed by atoms with Crippen LogP contribution in [0.5, 0.6) is 0 Å². The minimum Gasteiger partial charge on any atom is -0.313 e. The summed E-state index contributed by atoms with van der Waals surface area (Å²) in [6, 6.07) is 19.6. The Hall–Kier alpha value is -2.19. The van der Waals surface area contributed by atoms with Gasteiger partial charge in [0, 0.05) is 18.1 Å². The van der Waals surface area contributed by atoms with Gasteiger partial charge in [-0.25, -0.2) is 0 Å². The van der Waals surface area contributed by atoms with Crippen LogP contribution in [0, 0.1) is 6.92 Å². The van der Waals surface area contributed by atoms with Gasteiger partial charge >= 0.3 is 0 Å². The van der Waals surface area contributed by atoms with Crippen LogP contribution in [0.25, 0.3) is 10.9 Å². The number of pyridine rings is 1. The van der Waals surface area contributed by atoms with Gasteiger partial charge in [-0.05, 0) is 61.4 Å². The van der Waals surface area contributed by atoms with Gasteiger partial charge in [0.1, 0.15) is 0 Å². The zero-order valence-electron chi connectivity index (χ0n) is 15.6. The number of unbranched alkanes of at least 4 members (excludes halogenated alkanes) is 2. The third-order valence-electron chi connectivity index (χ3n) is 4.87. The Morgan fingerprint density at radius 2 is 1.62 bits per heavy atom. The van der Waals surface area contributed by atoms with E-state index in [9.17, 15) is 0 Å². The zero-order chi connectivity index (χ0) is 18.0. The molecule has 0 atom stereocenters. The lowest BCUT2D eigenvalue weighted by atomic mass is 9.98. The number of hydrogen-bond acceptors (Lipinski definition) is 2. The highest BCUT2D eigenvalue weighted by molar-refractivity contribution is 5.85. The van der Waals surface area contributed by atoms with E-state index in [1.165, 1.54) is 47.8 Å². The largest absolute Gasteiger partial charge is 0.313 e. The maximum atomic E-state index is 4.65. The van der Waals surface area contributed by atoms with Crippen molar-refractivity contribution in [1.29, 1.82) is 0 Å². The van der Waals surface area contributed by atoms with Gasteiger partial charge in [-0.2, -0.15) is 0 Å². The fourth-order valence-corrected chi connectivity index (χ4v) is 3.46. The van der Waals surface area contributed by atoms with Crippen LogP contribution in [0.2, 0.25) is 0 Å². The van der Waals surface area contributed by atoms with Crippen molar-refractivity contribution in [3.05, 3.63) is 84.4 Å². The Morgan fingerprint density at radius 3 is 2.46 bits per heavy atom. The van der Waals surface area contributed by atoms with Crippen molar-refractivity contribution in [2.24, 2.45) is 0 Å². The normalized spacial score (nSPS) is 11.1. The van der Waals surface area contributed by atoms with Crippen LogP contribution in [0.1, 0.15) is 42.4 Å². The van der Waals surface area contributed by atoms with E-state index in [-0.39, 0.29) is 0 Å². The average molecular weight is 346 g/mol.